The zero-order chi connectivity index (χ0) is 15.4. The first kappa shape index (κ1) is 15.0. The first-order valence-electron chi connectivity index (χ1n) is 6.16. The monoisotopic (exact) mass is 345 g/mol. The fourth-order valence-electron chi connectivity index (χ4n) is 1.75. The topological polar surface area (TPSA) is 74.9 Å². The minimum absolute atomic E-state index is 0.0717. The average Bonchev–Trinajstić information content (AvgIpc) is 2.45. The van der Waals surface area contributed by atoms with Crippen LogP contribution in [0.15, 0.2) is 45.8 Å². The SMILES string of the molecule is Cc1cc(=O)n(CC(=O)Nc2ccc(C#N)cc2)cc1Br. The Morgan fingerprint density at radius 3 is 2.67 bits per heavy atom. The van der Waals surface area contributed by atoms with E-state index in [1.54, 1.807) is 30.5 Å². The van der Waals surface area contributed by atoms with E-state index >= 15 is 0 Å². The molecule has 1 heterocycles. The van der Waals surface area contributed by atoms with E-state index in [4.69, 9.17) is 5.26 Å². The van der Waals surface area contributed by atoms with Crippen molar-refractivity contribution in [3.63, 3.8) is 0 Å². The van der Waals surface area contributed by atoms with E-state index in [9.17, 15) is 9.59 Å². The largest absolute Gasteiger partial charge is 0.325 e. The number of carbonyl (C=O) groups excluding carboxylic acids is 1. The normalized spacial score (nSPS) is 9.95. The number of anilines is 1. The van der Waals surface area contributed by atoms with Gasteiger partial charge in [-0.2, -0.15) is 5.26 Å². The van der Waals surface area contributed by atoms with Gasteiger partial charge in [-0.05, 0) is 52.7 Å². The lowest BCUT2D eigenvalue weighted by molar-refractivity contribution is -0.116. The quantitative estimate of drug-likeness (QED) is 0.928. The van der Waals surface area contributed by atoms with Gasteiger partial charge in [0.25, 0.3) is 5.56 Å². The molecule has 5 nitrogen and oxygen atoms in total. The van der Waals surface area contributed by atoms with E-state index in [0.717, 1.165) is 10.0 Å². The van der Waals surface area contributed by atoms with Crippen LogP contribution in [0.1, 0.15) is 11.1 Å². The number of pyridine rings is 1. The maximum absolute atomic E-state index is 11.9. The molecule has 0 bridgehead atoms. The van der Waals surface area contributed by atoms with Gasteiger partial charge < -0.3 is 9.88 Å². The summed E-state index contributed by atoms with van der Waals surface area (Å²) in [5, 5.41) is 11.4. The van der Waals surface area contributed by atoms with Crippen LogP contribution in [-0.2, 0) is 11.3 Å². The summed E-state index contributed by atoms with van der Waals surface area (Å²) in [4.78, 5) is 23.7. The zero-order valence-electron chi connectivity index (χ0n) is 11.3. The highest BCUT2D eigenvalue weighted by atomic mass is 79.9. The number of halogens is 1. The Morgan fingerprint density at radius 1 is 1.38 bits per heavy atom. The van der Waals surface area contributed by atoms with E-state index in [1.165, 1.54) is 10.6 Å². The number of aromatic nitrogens is 1. The Labute approximate surface area is 130 Å². The molecule has 0 spiro atoms. The smallest absolute Gasteiger partial charge is 0.251 e. The van der Waals surface area contributed by atoms with Gasteiger partial charge in [0.05, 0.1) is 11.6 Å². The van der Waals surface area contributed by atoms with Crippen molar-refractivity contribution < 1.29 is 4.79 Å². The number of nitrogens with one attached hydrogen (secondary N) is 1. The predicted molar refractivity (Wildman–Crippen MR) is 82.9 cm³/mol. The van der Waals surface area contributed by atoms with E-state index in [1.807, 2.05) is 13.0 Å². The van der Waals surface area contributed by atoms with E-state index in [2.05, 4.69) is 21.2 Å². The van der Waals surface area contributed by atoms with Crippen molar-refractivity contribution >= 4 is 27.5 Å². The summed E-state index contributed by atoms with van der Waals surface area (Å²) in [6, 6.07) is 9.99. The van der Waals surface area contributed by atoms with Crippen molar-refractivity contribution in [2.24, 2.45) is 0 Å². The molecule has 2 aromatic rings. The number of amides is 1. The molecule has 6 heteroatoms. The highest BCUT2D eigenvalue weighted by Gasteiger charge is 2.07. The van der Waals surface area contributed by atoms with Crippen LogP contribution in [0.5, 0.6) is 0 Å². The minimum atomic E-state index is -0.308. The number of nitrogens with zero attached hydrogens (tertiary/aromatic N) is 2. The van der Waals surface area contributed by atoms with Crippen LogP contribution >= 0.6 is 15.9 Å². The van der Waals surface area contributed by atoms with Crippen LogP contribution in [0.3, 0.4) is 0 Å². The van der Waals surface area contributed by atoms with Crippen LogP contribution in [0.25, 0.3) is 0 Å². The Bertz CT molecular complexity index is 773. The van der Waals surface area contributed by atoms with Crippen LogP contribution in [0.4, 0.5) is 5.69 Å². The summed E-state index contributed by atoms with van der Waals surface area (Å²) >= 11 is 3.33. The number of hydrogen-bond donors (Lipinski definition) is 1. The molecule has 0 aliphatic heterocycles. The standard InChI is InChI=1S/C15H12BrN3O2/c1-10-6-15(21)19(8-13(10)16)9-14(20)18-12-4-2-11(7-17)3-5-12/h2-6,8H,9H2,1H3,(H,18,20). The van der Waals surface area contributed by atoms with Gasteiger partial charge in [-0.15, -0.1) is 0 Å². The fraction of sp³-hybridized carbons (Fsp3) is 0.133. The molecule has 2 rings (SSSR count). The molecule has 1 aromatic heterocycles. The molecular formula is C15H12BrN3O2. The summed E-state index contributed by atoms with van der Waals surface area (Å²) in [5.41, 5.74) is 1.69. The molecule has 1 aromatic carbocycles. The molecule has 0 fully saturated rings. The highest BCUT2D eigenvalue weighted by molar-refractivity contribution is 9.10. The first-order chi connectivity index (χ1) is 9.99. The molecule has 0 aliphatic carbocycles. The Kier molecular flexibility index (Phi) is 4.55. The summed E-state index contributed by atoms with van der Waals surface area (Å²) in [5.74, 6) is -0.308. The van der Waals surface area contributed by atoms with Crippen LogP contribution in [0, 0.1) is 18.3 Å². The van der Waals surface area contributed by atoms with Crippen molar-refractivity contribution in [1.82, 2.24) is 4.57 Å². The lowest BCUT2D eigenvalue weighted by Crippen LogP contribution is -2.27. The molecule has 1 amide bonds. The summed E-state index contributed by atoms with van der Waals surface area (Å²) in [6.07, 6.45) is 1.59. The molecule has 0 atom stereocenters. The van der Waals surface area contributed by atoms with Crippen molar-refractivity contribution in [3.05, 3.63) is 62.5 Å². The summed E-state index contributed by atoms with van der Waals surface area (Å²) in [7, 11) is 0. The number of nitriles is 1. The third-order valence-electron chi connectivity index (χ3n) is 2.88. The van der Waals surface area contributed by atoms with Crippen molar-refractivity contribution in [1.29, 1.82) is 5.26 Å². The van der Waals surface area contributed by atoms with Gasteiger partial charge in [0.15, 0.2) is 0 Å². The summed E-state index contributed by atoms with van der Waals surface area (Å²) < 4.78 is 2.10. The first-order valence-corrected chi connectivity index (χ1v) is 6.95. The highest BCUT2D eigenvalue weighted by Crippen LogP contribution is 2.12. The third-order valence-corrected chi connectivity index (χ3v) is 3.71. The molecule has 1 N–H and O–H groups in total. The van der Waals surface area contributed by atoms with Gasteiger partial charge in [-0.1, -0.05) is 0 Å². The average molecular weight is 346 g/mol. The maximum atomic E-state index is 11.9. The van der Waals surface area contributed by atoms with Crippen LogP contribution < -0.4 is 10.9 Å². The number of aryl methyl sites for hydroxylation is 1. The molecular weight excluding hydrogens is 334 g/mol. The van der Waals surface area contributed by atoms with Gasteiger partial charge in [-0.25, -0.2) is 0 Å². The molecule has 0 aliphatic rings. The van der Waals surface area contributed by atoms with Crippen LogP contribution in [0.2, 0.25) is 0 Å². The van der Waals surface area contributed by atoms with E-state index < -0.39 is 0 Å². The van der Waals surface area contributed by atoms with Gasteiger partial charge in [0.1, 0.15) is 6.54 Å². The Hall–Kier alpha value is -2.39. The van der Waals surface area contributed by atoms with Gasteiger partial charge in [-0.3, -0.25) is 9.59 Å². The molecule has 0 saturated carbocycles. The molecule has 0 saturated heterocycles. The fourth-order valence-corrected chi connectivity index (χ4v) is 2.11. The van der Waals surface area contributed by atoms with Crippen molar-refractivity contribution in [2.45, 2.75) is 13.5 Å². The third kappa shape index (κ3) is 3.80. The molecule has 0 radical (unpaired) electrons. The Balaban J connectivity index is 2.10. The van der Waals surface area contributed by atoms with Crippen molar-refractivity contribution in [3.8, 4) is 6.07 Å². The van der Waals surface area contributed by atoms with Gasteiger partial charge in [0.2, 0.25) is 5.91 Å². The zero-order valence-corrected chi connectivity index (χ0v) is 12.8. The van der Waals surface area contributed by atoms with Crippen molar-refractivity contribution in [2.75, 3.05) is 5.32 Å². The second-order valence-electron chi connectivity index (χ2n) is 4.51. The number of benzene rings is 1. The molecule has 0 unspecified atom stereocenters. The van der Waals surface area contributed by atoms with Gasteiger partial charge >= 0.3 is 0 Å². The predicted octanol–water partition coefficient (Wildman–Crippen LogP) is 2.43. The lowest BCUT2D eigenvalue weighted by Gasteiger charge is -2.08. The van der Waals surface area contributed by atoms with Crippen LogP contribution in [-0.4, -0.2) is 10.5 Å². The number of carbonyl (C=O) groups is 1. The van der Waals surface area contributed by atoms with E-state index in [-0.39, 0.29) is 18.0 Å². The minimum Gasteiger partial charge on any atom is -0.325 e. The summed E-state index contributed by atoms with van der Waals surface area (Å²) in [6.45, 7) is 1.74. The van der Waals surface area contributed by atoms with Gasteiger partial charge in [0, 0.05) is 22.4 Å². The maximum Gasteiger partial charge on any atom is 0.251 e. The second-order valence-corrected chi connectivity index (χ2v) is 5.36. The number of hydrogen-bond acceptors (Lipinski definition) is 3. The lowest BCUT2D eigenvalue weighted by atomic mass is 10.2. The van der Waals surface area contributed by atoms with E-state index in [0.29, 0.717) is 11.3 Å². The second kappa shape index (κ2) is 6.37. The Morgan fingerprint density at radius 2 is 2.05 bits per heavy atom. The molecule has 106 valence electrons. The molecule has 21 heavy (non-hydrogen) atoms. The number of rotatable bonds is 3.